The molecule has 1 atom stereocenters. The van der Waals surface area contributed by atoms with Crippen molar-refractivity contribution in [3.8, 4) is 11.5 Å². The molecule has 0 amide bonds. The number of nitrogens with zero attached hydrogens (tertiary/aromatic N) is 2. The summed E-state index contributed by atoms with van der Waals surface area (Å²) in [7, 11) is 5.89. The van der Waals surface area contributed by atoms with Crippen molar-refractivity contribution in [3.63, 3.8) is 0 Å². The van der Waals surface area contributed by atoms with E-state index in [4.69, 9.17) is 4.74 Å². The van der Waals surface area contributed by atoms with Gasteiger partial charge in [-0.15, -0.1) is 0 Å². The molecule has 1 fully saturated rings. The largest absolute Gasteiger partial charge is 0.507 e. The number of ether oxygens (including phenoxy) is 1. The molecule has 0 radical (unpaired) electrons. The van der Waals surface area contributed by atoms with E-state index in [0.29, 0.717) is 17.5 Å². The van der Waals surface area contributed by atoms with Crippen LogP contribution in [0.25, 0.3) is 0 Å². The predicted molar refractivity (Wildman–Crippen MR) is 76.6 cm³/mol. The summed E-state index contributed by atoms with van der Waals surface area (Å²) >= 11 is 0. The number of likely N-dealkylation sites (tertiary alicyclic amines) is 1. The van der Waals surface area contributed by atoms with Gasteiger partial charge in [0.1, 0.15) is 11.5 Å². The quantitative estimate of drug-likeness (QED) is 0.901. The third kappa shape index (κ3) is 3.61. The van der Waals surface area contributed by atoms with Crippen molar-refractivity contribution >= 4 is 0 Å². The molecule has 1 heterocycles. The van der Waals surface area contributed by atoms with Crippen LogP contribution in [0.5, 0.6) is 11.5 Å². The summed E-state index contributed by atoms with van der Waals surface area (Å²) in [5.41, 5.74) is 0.972. The Kier molecular flexibility index (Phi) is 4.66. The Labute approximate surface area is 115 Å². The van der Waals surface area contributed by atoms with Gasteiger partial charge in [0.05, 0.1) is 7.11 Å². The fourth-order valence-corrected chi connectivity index (χ4v) is 2.64. The highest BCUT2D eigenvalue weighted by atomic mass is 16.5. The van der Waals surface area contributed by atoms with Gasteiger partial charge in [0, 0.05) is 30.8 Å². The number of hydrogen-bond acceptors (Lipinski definition) is 4. The van der Waals surface area contributed by atoms with Crippen LogP contribution < -0.4 is 4.74 Å². The summed E-state index contributed by atoms with van der Waals surface area (Å²) in [6.07, 6.45) is 2.48. The first kappa shape index (κ1) is 14.2. The van der Waals surface area contributed by atoms with Gasteiger partial charge < -0.3 is 14.7 Å². The molecule has 106 valence electrons. The lowest BCUT2D eigenvalue weighted by atomic mass is 10.0. The lowest BCUT2D eigenvalue weighted by Gasteiger charge is -2.36. The molecule has 0 spiro atoms. The summed E-state index contributed by atoms with van der Waals surface area (Å²) in [5, 5.41) is 10.0. The van der Waals surface area contributed by atoms with Crippen LogP contribution in [0.2, 0.25) is 0 Å². The zero-order valence-corrected chi connectivity index (χ0v) is 12.1. The summed E-state index contributed by atoms with van der Waals surface area (Å²) in [6.45, 7) is 2.98. The maximum atomic E-state index is 10.0. The standard InChI is InChI=1S/C15H24N2O2/c1-16(2)13-5-4-8-17(11-13)10-12-6-7-14(19-3)9-15(12)18/h6-7,9,13,18H,4-5,8,10-11H2,1-3H3. The number of likely N-dealkylation sites (N-methyl/N-ethyl adjacent to an activating group) is 1. The molecule has 1 saturated heterocycles. The van der Waals surface area contributed by atoms with E-state index >= 15 is 0 Å². The molecule has 0 aromatic heterocycles. The molecule has 1 unspecified atom stereocenters. The molecule has 2 rings (SSSR count). The van der Waals surface area contributed by atoms with E-state index in [1.165, 1.54) is 12.8 Å². The van der Waals surface area contributed by atoms with Crippen molar-refractivity contribution in [3.05, 3.63) is 23.8 Å². The summed E-state index contributed by atoms with van der Waals surface area (Å²) in [6, 6.07) is 6.16. The molecule has 0 aliphatic carbocycles. The molecule has 19 heavy (non-hydrogen) atoms. The van der Waals surface area contributed by atoms with Crippen LogP contribution in [0.4, 0.5) is 0 Å². The highest BCUT2D eigenvalue weighted by Gasteiger charge is 2.21. The van der Waals surface area contributed by atoms with Gasteiger partial charge in [-0.2, -0.15) is 0 Å². The molecular formula is C15H24N2O2. The van der Waals surface area contributed by atoms with Crippen molar-refractivity contribution in [2.75, 3.05) is 34.3 Å². The Balaban J connectivity index is 2.00. The smallest absolute Gasteiger partial charge is 0.123 e. The van der Waals surface area contributed by atoms with Crippen molar-refractivity contribution in [2.24, 2.45) is 0 Å². The summed E-state index contributed by atoms with van der Waals surface area (Å²) in [4.78, 5) is 4.70. The van der Waals surface area contributed by atoms with Crippen LogP contribution in [-0.4, -0.2) is 55.2 Å². The van der Waals surface area contributed by atoms with Crippen LogP contribution in [0.15, 0.2) is 18.2 Å². The van der Waals surface area contributed by atoms with Crippen LogP contribution in [0.3, 0.4) is 0 Å². The zero-order valence-electron chi connectivity index (χ0n) is 12.1. The fourth-order valence-electron chi connectivity index (χ4n) is 2.64. The highest BCUT2D eigenvalue weighted by molar-refractivity contribution is 5.39. The van der Waals surface area contributed by atoms with Gasteiger partial charge in [0.15, 0.2) is 0 Å². The van der Waals surface area contributed by atoms with E-state index in [0.717, 1.165) is 25.2 Å². The Bertz CT molecular complexity index is 421. The van der Waals surface area contributed by atoms with Crippen molar-refractivity contribution < 1.29 is 9.84 Å². The van der Waals surface area contributed by atoms with E-state index in [9.17, 15) is 5.11 Å². The topological polar surface area (TPSA) is 35.9 Å². The van der Waals surface area contributed by atoms with Gasteiger partial charge in [-0.1, -0.05) is 6.07 Å². The van der Waals surface area contributed by atoms with Crippen molar-refractivity contribution in [2.45, 2.75) is 25.4 Å². The first-order valence-electron chi connectivity index (χ1n) is 6.85. The van der Waals surface area contributed by atoms with Gasteiger partial charge in [-0.3, -0.25) is 4.90 Å². The predicted octanol–water partition coefficient (Wildman–Crippen LogP) is 1.93. The van der Waals surface area contributed by atoms with E-state index in [2.05, 4.69) is 23.9 Å². The van der Waals surface area contributed by atoms with E-state index in [1.54, 1.807) is 13.2 Å². The first-order chi connectivity index (χ1) is 9.10. The Morgan fingerprint density at radius 3 is 2.84 bits per heavy atom. The average Bonchev–Trinajstić information content (AvgIpc) is 2.41. The number of hydrogen-bond donors (Lipinski definition) is 1. The lowest BCUT2D eigenvalue weighted by Crippen LogP contribution is -2.44. The number of rotatable bonds is 4. The second-order valence-corrected chi connectivity index (χ2v) is 5.49. The number of aromatic hydroxyl groups is 1. The average molecular weight is 264 g/mol. The van der Waals surface area contributed by atoms with Gasteiger partial charge in [0.25, 0.3) is 0 Å². The molecule has 4 heteroatoms. The van der Waals surface area contributed by atoms with Crippen LogP contribution >= 0.6 is 0 Å². The molecular weight excluding hydrogens is 240 g/mol. The minimum atomic E-state index is 0.325. The van der Waals surface area contributed by atoms with E-state index in [-0.39, 0.29) is 0 Å². The van der Waals surface area contributed by atoms with Crippen molar-refractivity contribution in [1.82, 2.24) is 9.80 Å². The second kappa shape index (κ2) is 6.26. The molecule has 1 aliphatic heterocycles. The monoisotopic (exact) mass is 264 g/mol. The van der Waals surface area contributed by atoms with E-state index in [1.807, 2.05) is 12.1 Å². The number of phenolic OH excluding ortho intramolecular Hbond substituents is 1. The normalized spacial score (nSPS) is 20.7. The zero-order chi connectivity index (χ0) is 13.8. The minimum Gasteiger partial charge on any atom is -0.507 e. The number of benzene rings is 1. The third-order valence-electron chi connectivity index (χ3n) is 3.90. The fraction of sp³-hybridized carbons (Fsp3) is 0.600. The Morgan fingerprint density at radius 1 is 1.42 bits per heavy atom. The van der Waals surface area contributed by atoms with Crippen LogP contribution in [-0.2, 0) is 6.54 Å². The van der Waals surface area contributed by atoms with Gasteiger partial charge in [-0.25, -0.2) is 0 Å². The Morgan fingerprint density at radius 2 is 2.21 bits per heavy atom. The number of phenols is 1. The maximum Gasteiger partial charge on any atom is 0.123 e. The molecule has 4 nitrogen and oxygen atoms in total. The molecule has 0 saturated carbocycles. The highest BCUT2D eigenvalue weighted by Crippen LogP contribution is 2.26. The van der Waals surface area contributed by atoms with Crippen LogP contribution in [0.1, 0.15) is 18.4 Å². The number of piperidine rings is 1. The first-order valence-corrected chi connectivity index (χ1v) is 6.85. The van der Waals surface area contributed by atoms with Gasteiger partial charge in [-0.05, 0) is 39.5 Å². The minimum absolute atomic E-state index is 0.325. The third-order valence-corrected chi connectivity index (χ3v) is 3.90. The summed E-state index contributed by atoms with van der Waals surface area (Å²) < 4.78 is 5.11. The molecule has 0 bridgehead atoms. The number of methoxy groups -OCH3 is 1. The molecule has 1 aliphatic rings. The Hall–Kier alpha value is -1.26. The SMILES string of the molecule is COc1ccc(CN2CCCC(N(C)C)C2)c(O)c1. The van der Waals surface area contributed by atoms with Gasteiger partial charge >= 0.3 is 0 Å². The van der Waals surface area contributed by atoms with Gasteiger partial charge in [0.2, 0.25) is 0 Å². The molecule has 1 aromatic carbocycles. The lowest BCUT2D eigenvalue weighted by molar-refractivity contribution is 0.127. The maximum absolute atomic E-state index is 10.0. The van der Waals surface area contributed by atoms with Crippen LogP contribution in [0, 0.1) is 0 Å². The molecule has 1 aromatic rings. The van der Waals surface area contributed by atoms with E-state index < -0.39 is 0 Å². The van der Waals surface area contributed by atoms with Crippen molar-refractivity contribution in [1.29, 1.82) is 0 Å². The molecule has 1 N–H and O–H groups in total. The second-order valence-electron chi connectivity index (χ2n) is 5.49. The summed E-state index contributed by atoms with van der Waals surface area (Å²) in [5.74, 6) is 1.03.